The first kappa shape index (κ1) is 21.9. The smallest absolute Gasteiger partial charge is 0.395 e. The lowest BCUT2D eigenvalue weighted by Gasteiger charge is -2.50. The fourth-order valence-corrected chi connectivity index (χ4v) is 4.05. The molecule has 5 heteroatoms. The Labute approximate surface area is 199 Å². The fraction of sp³-hybridized carbons (Fsp3) is 0.172. The molecular formula is C29H27NO4. The van der Waals surface area contributed by atoms with E-state index in [1.54, 1.807) is 0 Å². The molecule has 172 valence electrons. The molecule has 5 nitrogen and oxygen atoms in total. The maximum Gasteiger partial charge on any atom is 0.395 e. The highest BCUT2D eigenvalue weighted by Gasteiger charge is 2.64. The third-order valence-corrected chi connectivity index (χ3v) is 5.60. The first-order chi connectivity index (χ1) is 16.8. The molecule has 1 aliphatic rings. The van der Waals surface area contributed by atoms with Crippen molar-refractivity contribution in [1.82, 2.24) is 5.32 Å². The molecule has 0 amide bonds. The summed E-state index contributed by atoms with van der Waals surface area (Å²) in [4.78, 5) is 0. The molecule has 0 aliphatic carbocycles. The average Bonchev–Trinajstić information content (AvgIpc) is 2.88. The zero-order chi connectivity index (χ0) is 23.1. The summed E-state index contributed by atoms with van der Waals surface area (Å²) in [6, 6.07) is 38.4. The topological polar surface area (TPSA) is 49.0 Å². The molecule has 1 saturated heterocycles. The van der Waals surface area contributed by atoms with Gasteiger partial charge < -0.3 is 18.9 Å². The van der Waals surface area contributed by atoms with Gasteiger partial charge in [-0.1, -0.05) is 72.8 Å². The number of hydrogen-bond acceptors (Lipinski definition) is 5. The van der Waals surface area contributed by atoms with Crippen LogP contribution in [0.15, 0.2) is 121 Å². The highest BCUT2D eigenvalue weighted by molar-refractivity contribution is 5.29. The SMILES string of the molecule is c1ccc(OC2(Oc3ccccc3)CCCNC2(Oc2ccccc2)Oc2ccccc2)cc1. The number of hydrogen-bond donors (Lipinski definition) is 1. The largest absolute Gasteiger partial charge is 0.444 e. The van der Waals surface area contributed by atoms with Gasteiger partial charge in [-0.2, -0.15) is 0 Å². The van der Waals surface area contributed by atoms with E-state index < -0.39 is 11.7 Å². The zero-order valence-electron chi connectivity index (χ0n) is 18.8. The fourth-order valence-electron chi connectivity index (χ4n) is 4.05. The quantitative estimate of drug-likeness (QED) is 0.330. The van der Waals surface area contributed by atoms with Gasteiger partial charge in [-0.3, -0.25) is 0 Å². The van der Waals surface area contributed by atoms with E-state index in [-0.39, 0.29) is 0 Å². The molecule has 0 radical (unpaired) electrons. The molecule has 0 atom stereocenters. The molecule has 0 spiro atoms. The van der Waals surface area contributed by atoms with Gasteiger partial charge in [0.05, 0.1) is 0 Å². The molecule has 1 N–H and O–H groups in total. The molecule has 0 bridgehead atoms. The van der Waals surface area contributed by atoms with Gasteiger partial charge in [0, 0.05) is 13.0 Å². The Morgan fingerprint density at radius 3 is 1.21 bits per heavy atom. The van der Waals surface area contributed by atoms with E-state index in [4.69, 9.17) is 18.9 Å². The molecule has 0 unspecified atom stereocenters. The Morgan fingerprint density at radius 2 is 0.824 bits per heavy atom. The van der Waals surface area contributed by atoms with Crippen molar-refractivity contribution in [1.29, 1.82) is 0 Å². The maximum absolute atomic E-state index is 6.67. The summed E-state index contributed by atoms with van der Waals surface area (Å²) in [6.45, 7) is 0.664. The highest BCUT2D eigenvalue weighted by Crippen LogP contribution is 2.40. The number of nitrogens with one attached hydrogen (secondary N) is 1. The van der Waals surface area contributed by atoms with Crippen LogP contribution in [-0.4, -0.2) is 18.2 Å². The lowest BCUT2D eigenvalue weighted by Crippen LogP contribution is -2.77. The minimum atomic E-state index is -1.49. The molecule has 4 aromatic carbocycles. The monoisotopic (exact) mass is 453 g/mol. The van der Waals surface area contributed by atoms with E-state index in [1.165, 1.54) is 0 Å². The summed E-state index contributed by atoms with van der Waals surface area (Å²) in [5.41, 5.74) is 0. The molecule has 1 fully saturated rings. The van der Waals surface area contributed by atoms with Gasteiger partial charge in [-0.05, 0) is 55.0 Å². The standard InChI is InChI=1S/C29H27NO4/c1-5-14-24(15-6-1)31-28(32-25-16-7-2-8-17-25)22-13-23-30-29(28,33-26-18-9-3-10-19-26)34-27-20-11-4-12-21-27/h1-12,14-21,30H,13,22-23H2. The van der Waals surface area contributed by atoms with Crippen molar-refractivity contribution in [2.45, 2.75) is 24.5 Å². The Kier molecular flexibility index (Phi) is 6.36. The molecule has 5 rings (SSSR count). The molecule has 0 aromatic heterocycles. The van der Waals surface area contributed by atoms with E-state index in [1.807, 2.05) is 121 Å². The van der Waals surface area contributed by atoms with Crippen LogP contribution in [0.1, 0.15) is 12.8 Å². The van der Waals surface area contributed by atoms with Crippen LogP contribution in [0.2, 0.25) is 0 Å². The van der Waals surface area contributed by atoms with E-state index >= 15 is 0 Å². The summed E-state index contributed by atoms with van der Waals surface area (Å²) < 4.78 is 26.6. The van der Waals surface area contributed by atoms with Gasteiger partial charge in [0.25, 0.3) is 0 Å². The Balaban J connectivity index is 1.65. The summed E-state index contributed by atoms with van der Waals surface area (Å²) in [6.07, 6.45) is 1.33. The minimum Gasteiger partial charge on any atom is -0.444 e. The maximum atomic E-state index is 6.67. The Hall–Kier alpha value is -3.96. The van der Waals surface area contributed by atoms with Crippen LogP contribution in [-0.2, 0) is 0 Å². The summed E-state index contributed by atoms with van der Waals surface area (Å²) in [7, 11) is 0. The van der Waals surface area contributed by atoms with E-state index in [0.29, 0.717) is 36.0 Å². The summed E-state index contributed by atoms with van der Waals surface area (Å²) in [5.74, 6) is -0.269. The Bertz CT molecular complexity index is 976. The number of para-hydroxylation sites is 4. The van der Waals surface area contributed by atoms with Crippen LogP contribution >= 0.6 is 0 Å². The molecule has 34 heavy (non-hydrogen) atoms. The van der Waals surface area contributed by atoms with Gasteiger partial charge in [0.15, 0.2) is 0 Å². The second-order valence-electron chi connectivity index (χ2n) is 8.06. The second kappa shape index (κ2) is 9.89. The van der Waals surface area contributed by atoms with Crippen molar-refractivity contribution < 1.29 is 18.9 Å². The first-order valence-corrected chi connectivity index (χ1v) is 11.5. The van der Waals surface area contributed by atoms with Gasteiger partial charge >= 0.3 is 11.7 Å². The van der Waals surface area contributed by atoms with Crippen molar-refractivity contribution in [3.8, 4) is 23.0 Å². The van der Waals surface area contributed by atoms with Crippen molar-refractivity contribution in [3.05, 3.63) is 121 Å². The number of rotatable bonds is 8. The molecule has 0 saturated carbocycles. The summed E-state index contributed by atoms with van der Waals surface area (Å²) >= 11 is 0. The van der Waals surface area contributed by atoms with Crippen molar-refractivity contribution >= 4 is 0 Å². The van der Waals surface area contributed by atoms with Gasteiger partial charge in [0.1, 0.15) is 23.0 Å². The summed E-state index contributed by atoms with van der Waals surface area (Å²) in [5, 5.41) is 3.47. The Morgan fingerprint density at radius 1 is 0.471 bits per heavy atom. The van der Waals surface area contributed by atoms with Crippen molar-refractivity contribution in [2.24, 2.45) is 0 Å². The minimum absolute atomic E-state index is 0.531. The predicted octanol–water partition coefficient (Wildman–Crippen LogP) is 6.04. The highest BCUT2D eigenvalue weighted by atomic mass is 16.8. The zero-order valence-corrected chi connectivity index (χ0v) is 18.8. The number of benzene rings is 4. The first-order valence-electron chi connectivity index (χ1n) is 11.5. The lowest BCUT2D eigenvalue weighted by molar-refractivity contribution is -0.331. The normalized spacial score (nSPS) is 16.2. The van der Waals surface area contributed by atoms with Gasteiger partial charge in [0.2, 0.25) is 0 Å². The van der Waals surface area contributed by atoms with Crippen LogP contribution in [0.5, 0.6) is 23.0 Å². The van der Waals surface area contributed by atoms with Crippen LogP contribution in [0, 0.1) is 0 Å². The van der Waals surface area contributed by atoms with Gasteiger partial charge in [-0.15, -0.1) is 0 Å². The third-order valence-electron chi connectivity index (χ3n) is 5.60. The second-order valence-corrected chi connectivity index (χ2v) is 8.06. The molecule has 1 aliphatic heterocycles. The van der Waals surface area contributed by atoms with E-state index in [2.05, 4.69) is 5.32 Å². The van der Waals surface area contributed by atoms with Crippen LogP contribution in [0.3, 0.4) is 0 Å². The molecule has 1 heterocycles. The molecule has 4 aromatic rings. The average molecular weight is 454 g/mol. The van der Waals surface area contributed by atoms with Crippen LogP contribution in [0.4, 0.5) is 0 Å². The van der Waals surface area contributed by atoms with Crippen LogP contribution < -0.4 is 24.3 Å². The molecular weight excluding hydrogens is 426 g/mol. The lowest BCUT2D eigenvalue weighted by atomic mass is 10.00. The third kappa shape index (κ3) is 4.70. The van der Waals surface area contributed by atoms with Gasteiger partial charge in [-0.25, -0.2) is 5.32 Å². The van der Waals surface area contributed by atoms with Crippen LogP contribution in [0.25, 0.3) is 0 Å². The number of piperidine rings is 1. The van der Waals surface area contributed by atoms with Crippen molar-refractivity contribution in [3.63, 3.8) is 0 Å². The van der Waals surface area contributed by atoms with E-state index in [0.717, 1.165) is 6.42 Å². The number of ether oxygens (including phenoxy) is 4. The van der Waals surface area contributed by atoms with Crippen molar-refractivity contribution in [2.75, 3.05) is 6.54 Å². The van der Waals surface area contributed by atoms with E-state index in [9.17, 15) is 0 Å². The predicted molar refractivity (Wildman–Crippen MR) is 131 cm³/mol.